The summed E-state index contributed by atoms with van der Waals surface area (Å²) in [5.74, 6) is 0. The third-order valence-electron chi connectivity index (χ3n) is 15.9. The molecule has 11 aromatic carbocycles. The molecule has 15 rings (SSSR count). The van der Waals surface area contributed by atoms with Gasteiger partial charge in [0, 0.05) is 33.5 Å². The molecule has 0 bridgehead atoms. The zero-order valence-electron chi connectivity index (χ0n) is 40.7. The Hall–Kier alpha value is -8.28. The molecule has 2 aromatic heterocycles. The fourth-order valence-electron chi connectivity index (χ4n) is 12.4. The van der Waals surface area contributed by atoms with Gasteiger partial charge in [0.05, 0.1) is 11.4 Å². The lowest BCUT2D eigenvalue weighted by atomic mass is 9.37. The number of anilines is 6. The Morgan fingerprint density at radius 2 is 0.662 bits per heavy atom. The monoisotopic (exact) mass is 912 g/mol. The van der Waals surface area contributed by atoms with Crippen LogP contribution in [-0.4, -0.2) is 6.71 Å². The summed E-state index contributed by atoms with van der Waals surface area (Å²) in [4.78, 5) is 4.99. The van der Waals surface area contributed by atoms with Crippen LogP contribution in [0.15, 0.2) is 197 Å². The zero-order valence-corrected chi connectivity index (χ0v) is 40.7. The van der Waals surface area contributed by atoms with Crippen LogP contribution in [0.1, 0.15) is 52.7 Å². The van der Waals surface area contributed by atoms with Gasteiger partial charge in [-0.15, -0.1) is 0 Å². The molecule has 338 valence electrons. The summed E-state index contributed by atoms with van der Waals surface area (Å²) in [6.45, 7) is 13.4. The number of hydrogen-bond donors (Lipinski definition) is 0. The zero-order chi connectivity index (χ0) is 47.7. The number of rotatable bonds is 2. The molecule has 0 saturated carbocycles. The Kier molecular flexibility index (Phi) is 8.10. The molecule has 71 heavy (non-hydrogen) atoms. The minimum absolute atomic E-state index is 0.0781. The van der Waals surface area contributed by atoms with Crippen LogP contribution >= 0.6 is 0 Å². The highest BCUT2D eigenvalue weighted by Gasteiger charge is 2.50. The molecule has 13 aromatic rings. The molecule has 0 N–H and O–H groups in total. The maximum absolute atomic E-state index is 7.37. The topological polar surface area (TPSA) is 32.8 Å². The van der Waals surface area contributed by atoms with Crippen molar-refractivity contribution in [2.45, 2.75) is 52.4 Å². The second-order valence-electron chi connectivity index (χ2n) is 22.0. The SMILES string of the molecule is CC(C)(C)c1ccc2oc3c(c2c1)N(c1ccc2c4ccccc4c4ccccc4c2c1)c1cccc2c1B3c1oc3ccc(C(C)(C)C)cc3c1N2c1ccc2c3ccccc3c3ccccc3c2c1. The first-order chi connectivity index (χ1) is 34.5. The average molecular weight is 913 g/mol. The van der Waals surface area contributed by atoms with Crippen molar-refractivity contribution in [3.8, 4) is 0 Å². The molecule has 0 atom stereocenters. The second-order valence-corrected chi connectivity index (χ2v) is 22.0. The van der Waals surface area contributed by atoms with Crippen molar-refractivity contribution in [3.05, 3.63) is 199 Å². The van der Waals surface area contributed by atoms with Gasteiger partial charge in [0.15, 0.2) is 0 Å². The van der Waals surface area contributed by atoms with Crippen LogP contribution in [-0.2, 0) is 10.8 Å². The summed E-state index contributed by atoms with van der Waals surface area (Å²) in [5.41, 5.74) is 13.5. The molecule has 0 unspecified atom stereocenters. The standard InChI is InChI=1S/C66H49BN2O2/c1-65(2,3)38-26-32-58-54(34-38)61-63(70-58)67-60-56(68(61)40-28-30-50-46-20-9-7-16-42(46)44-18-11-13-22-48(44)52(50)36-40)24-15-25-57(60)69(62-55-35-39(66(4,5)6)27-33-59(55)71-64(62)67)41-29-31-51-47-21-10-8-17-43(47)45-19-12-14-23-49(45)53(51)37-41/h7-37H,1-6H3. The van der Waals surface area contributed by atoms with E-state index in [1.165, 1.54) is 75.8 Å². The molecule has 0 fully saturated rings. The summed E-state index contributed by atoms with van der Waals surface area (Å²) in [5, 5.41) is 17.2. The van der Waals surface area contributed by atoms with Gasteiger partial charge in [-0.1, -0.05) is 169 Å². The minimum atomic E-state index is -0.329. The molecule has 0 radical (unpaired) electrons. The van der Waals surface area contributed by atoms with Crippen LogP contribution in [0.2, 0.25) is 0 Å². The molecule has 4 nitrogen and oxygen atoms in total. The predicted molar refractivity (Wildman–Crippen MR) is 302 cm³/mol. The van der Waals surface area contributed by atoms with Crippen LogP contribution in [0, 0.1) is 0 Å². The summed E-state index contributed by atoms with van der Waals surface area (Å²) < 4.78 is 14.7. The van der Waals surface area contributed by atoms with Crippen LogP contribution in [0.25, 0.3) is 86.6 Å². The van der Waals surface area contributed by atoms with E-state index in [0.717, 1.165) is 72.8 Å². The number of fused-ring (bicyclic) bond motifs is 20. The van der Waals surface area contributed by atoms with E-state index in [2.05, 4.69) is 239 Å². The minimum Gasteiger partial charge on any atom is -0.468 e. The van der Waals surface area contributed by atoms with Crippen molar-refractivity contribution in [2.24, 2.45) is 0 Å². The molecule has 2 aliphatic rings. The number of hydrogen-bond acceptors (Lipinski definition) is 4. The summed E-state index contributed by atoms with van der Waals surface area (Å²) >= 11 is 0. The van der Waals surface area contributed by atoms with E-state index in [1.54, 1.807) is 0 Å². The normalized spacial score (nSPS) is 13.7. The Morgan fingerprint density at radius 1 is 0.324 bits per heavy atom. The largest absolute Gasteiger partial charge is 0.468 e. The van der Waals surface area contributed by atoms with Gasteiger partial charge >= 0.3 is 6.71 Å². The summed E-state index contributed by atoms with van der Waals surface area (Å²) in [7, 11) is 0. The Morgan fingerprint density at radius 3 is 1.01 bits per heavy atom. The van der Waals surface area contributed by atoms with Crippen LogP contribution < -0.4 is 26.6 Å². The third kappa shape index (κ3) is 5.63. The van der Waals surface area contributed by atoms with Crippen LogP contribution in [0.4, 0.5) is 34.1 Å². The maximum Gasteiger partial charge on any atom is 0.342 e. The van der Waals surface area contributed by atoms with E-state index in [0.29, 0.717) is 0 Å². The van der Waals surface area contributed by atoms with E-state index in [1.807, 2.05) is 0 Å². The Labute approximate surface area is 412 Å². The van der Waals surface area contributed by atoms with Gasteiger partial charge in [-0.25, -0.2) is 0 Å². The van der Waals surface area contributed by atoms with E-state index in [4.69, 9.17) is 8.83 Å². The van der Waals surface area contributed by atoms with E-state index in [9.17, 15) is 0 Å². The van der Waals surface area contributed by atoms with Crippen molar-refractivity contribution in [1.29, 1.82) is 0 Å². The Balaban J connectivity index is 1.06. The maximum atomic E-state index is 7.37. The van der Waals surface area contributed by atoms with Crippen LogP contribution in [0.5, 0.6) is 0 Å². The van der Waals surface area contributed by atoms with Crippen molar-refractivity contribution in [3.63, 3.8) is 0 Å². The predicted octanol–water partition coefficient (Wildman–Crippen LogP) is 16.8. The van der Waals surface area contributed by atoms with Gasteiger partial charge in [-0.2, -0.15) is 0 Å². The lowest BCUT2D eigenvalue weighted by molar-refractivity contribution is 0.590. The molecule has 0 aliphatic carbocycles. The highest BCUT2D eigenvalue weighted by molar-refractivity contribution is 6.99. The van der Waals surface area contributed by atoms with E-state index >= 15 is 0 Å². The molecule has 5 heteroatoms. The van der Waals surface area contributed by atoms with Crippen molar-refractivity contribution in [1.82, 2.24) is 0 Å². The molecule has 0 spiro atoms. The first-order valence-corrected chi connectivity index (χ1v) is 25.0. The molecule has 0 saturated heterocycles. The first-order valence-electron chi connectivity index (χ1n) is 25.0. The number of nitrogens with zero attached hydrogens (tertiary/aromatic N) is 2. The quantitative estimate of drug-likeness (QED) is 0.128. The van der Waals surface area contributed by atoms with Gasteiger partial charge in [-0.05, 0) is 153 Å². The molecular formula is C66H49BN2O2. The lowest BCUT2D eigenvalue weighted by Gasteiger charge is -2.40. The smallest absolute Gasteiger partial charge is 0.342 e. The third-order valence-corrected chi connectivity index (χ3v) is 15.9. The van der Waals surface area contributed by atoms with Gasteiger partial charge < -0.3 is 18.6 Å². The van der Waals surface area contributed by atoms with Gasteiger partial charge in [0.25, 0.3) is 0 Å². The lowest BCUT2D eigenvalue weighted by Crippen LogP contribution is -2.60. The van der Waals surface area contributed by atoms with Crippen molar-refractivity contribution < 1.29 is 8.83 Å². The highest BCUT2D eigenvalue weighted by atomic mass is 16.3. The van der Waals surface area contributed by atoms with Crippen molar-refractivity contribution >= 4 is 144 Å². The van der Waals surface area contributed by atoms with Gasteiger partial charge in [0.1, 0.15) is 22.5 Å². The molecule has 2 aliphatic heterocycles. The fraction of sp³-hybridized carbons (Fsp3) is 0.121. The van der Waals surface area contributed by atoms with Gasteiger partial charge in [0.2, 0.25) is 0 Å². The number of furan rings is 2. The van der Waals surface area contributed by atoms with E-state index < -0.39 is 0 Å². The summed E-state index contributed by atoms with van der Waals surface area (Å²) in [6, 6.07) is 70.0. The Bertz CT molecular complexity index is 4110. The fourth-order valence-corrected chi connectivity index (χ4v) is 12.4. The molecule has 0 amide bonds. The van der Waals surface area contributed by atoms with E-state index in [-0.39, 0.29) is 17.5 Å². The highest BCUT2D eigenvalue weighted by Crippen LogP contribution is 2.51. The average Bonchev–Trinajstić information content (AvgIpc) is 3.97. The summed E-state index contributed by atoms with van der Waals surface area (Å²) in [6.07, 6.45) is 0. The van der Waals surface area contributed by atoms with Crippen LogP contribution in [0.3, 0.4) is 0 Å². The molecular weight excluding hydrogens is 864 g/mol. The van der Waals surface area contributed by atoms with Crippen molar-refractivity contribution in [2.75, 3.05) is 9.80 Å². The van der Waals surface area contributed by atoms with Gasteiger partial charge in [-0.3, -0.25) is 0 Å². The second kappa shape index (κ2) is 14.2. The molecule has 4 heterocycles. The number of benzene rings is 11. The first kappa shape index (κ1) is 40.6.